The molecule has 1 unspecified atom stereocenters. The van der Waals surface area contributed by atoms with E-state index in [1.165, 1.54) is 0 Å². The monoisotopic (exact) mass is 265 g/mol. The first-order valence-electron chi connectivity index (χ1n) is 6.37. The number of nitrogens with zero attached hydrogens (tertiary/aromatic N) is 1. The van der Waals surface area contributed by atoms with E-state index in [0.29, 0.717) is 12.2 Å². The van der Waals surface area contributed by atoms with Gasteiger partial charge in [-0.25, -0.2) is 0 Å². The fourth-order valence-corrected chi connectivity index (χ4v) is 2.19. The summed E-state index contributed by atoms with van der Waals surface area (Å²) < 4.78 is 0. The Kier molecular flexibility index (Phi) is 3.84. The van der Waals surface area contributed by atoms with Gasteiger partial charge in [-0.05, 0) is 5.92 Å². The highest BCUT2D eigenvalue weighted by atomic mass is 16.2. The van der Waals surface area contributed by atoms with Gasteiger partial charge in [0.1, 0.15) is 6.04 Å². The van der Waals surface area contributed by atoms with Crippen molar-refractivity contribution in [3.63, 3.8) is 0 Å². The Morgan fingerprint density at radius 2 is 2.16 bits per heavy atom. The number of carbonyl (C=O) groups excluding carboxylic acids is 2. The number of amides is 2. The molecule has 7 nitrogen and oxygen atoms in total. The van der Waals surface area contributed by atoms with E-state index in [9.17, 15) is 9.59 Å². The van der Waals surface area contributed by atoms with Gasteiger partial charge in [0.2, 0.25) is 5.91 Å². The van der Waals surface area contributed by atoms with Crippen LogP contribution in [0.1, 0.15) is 35.6 Å². The van der Waals surface area contributed by atoms with Crippen molar-refractivity contribution in [2.45, 2.75) is 32.9 Å². The molecule has 0 aromatic carbocycles. The van der Waals surface area contributed by atoms with Gasteiger partial charge in [-0.15, -0.1) is 0 Å². The Morgan fingerprint density at radius 3 is 2.79 bits per heavy atom. The van der Waals surface area contributed by atoms with Crippen molar-refractivity contribution < 1.29 is 9.59 Å². The van der Waals surface area contributed by atoms with E-state index in [1.54, 1.807) is 0 Å². The van der Waals surface area contributed by atoms with E-state index < -0.39 is 11.9 Å². The van der Waals surface area contributed by atoms with Gasteiger partial charge in [-0.3, -0.25) is 14.7 Å². The minimum atomic E-state index is -0.684. The Bertz CT molecular complexity index is 494. The molecule has 0 aliphatic carbocycles. The zero-order valence-corrected chi connectivity index (χ0v) is 11.1. The van der Waals surface area contributed by atoms with Gasteiger partial charge in [0.25, 0.3) is 5.91 Å². The first kappa shape index (κ1) is 13.5. The highest BCUT2D eigenvalue weighted by Gasteiger charge is 2.26. The van der Waals surface area contributed by atoms with E-state index in [1.807, 2.05) is 13.8 Å². The zero-order chi connectivity index (χ0) is 14.0. The van der Waals surface area contributed by atoms with Crippen LogP contribution in [0.3, 0.4) is 0 Å². The molecule has 5 N–H and O–H groups in total. The second-order valence-electron chi connectivity index (χ2n) is 5.05. The number of fused-ring (bicyclic) bond motifs is 1. The number of H-pyrrole nitrogens is 1. The Morgan fingerprint density at radius 1 is 1.42 bits per heavy atom. The molecular weight excluding hydrogens is 246 g/mol. The molecule has 1 aliphatic heterocycles. The number of nitrogens with one attached hydrogen (secondary N) is 3. The van der Waals surface area contributed by atoms with Crippen LogP contribution in [0.5, 0.6) is 0 Å². The fourth-order valence-electron chi connectivity index (χ4n) is 2.19. The van der Waals surface area contributed by atoms with Crippen LogP contribution in [0.25, 0.3) is 0 Å². The van der Waals surface area contributed by atoms with E-state index in [0.717, 1.165) is 24.2 Å². The molecule has 0 fully saturated rings. The molecule has 0 bridgehead atoms. The van der Waals surface area contributed by atoms with Crippen LogP contribution in [0.15, 0.2) is 0 Å². The fraction of sp³-hybridized carbons (Fsp3) is 0.583. The van der Waals surface area contributed by atoms with E-state index in [2.05, 4.69) is 20.8 Å². The van der Waals surface area contributed by atoms with Crippen molar-refractivity contribution in [2.75, 3.05) is 6.54 Å². The maximum atomic E-state index is 12.2. The number of primary amides is 1. The second-order valence-corrected chi connectivity index (χ2v) is 5.05. The molecule has 104 valence electrons. The van der Waals surface area contributed by atoms with Crippen molar-refractivity contribution in [3.8, 4) is 0 Å². The number of rotatable bonds is 4. The van der Waals surface area contributed by atoms with Crippen LogP contribution in [-0.4, -0.2) is 34.6 Å². The van der Waals surface area contributed by atoms with Gasteiger partial charge < -0.3 is 16.4 Å². The number of aromatic amines is 1. The van der Waals surface area contributed by atoms with Gasteiger partial charge in [-0.1, -0.05) is 13.8 Å². The average Bonchev–Trinajstić information content (AvgIpc) is 2.78. The molecule has 19 heavy (non-hydrogen) atoms. The van der Waals surface area contributed by atoms with Gasteiger partial charge in [0.05, 0.1) is 0 Å². The lowest BCUT2D eigenvalue weighted by Crippen LogP contribution is -2.48. The Labute approximate surface area is 111 Å². The predicted molar refractivity (Wildman–Crippen MR) is 69.3 cm³/mol. The van der Waals surface area contributed by atoms with Crippen LogP contribution in [0.4, 0.5) is 0 Å². The third kappa shape index (κ3) is 2.76. The number of aromatic nitrogens is 2. The largest absolute Gasteiger partial charge is 0.368 e. The first-order chi connectivity index (χ1) is 9.00. The minimum Gasteiger partial charge on any atom is -0.368 e. The van der Waals surface area contributed by atoms with E-state index >= 15 is 0 Å². The zero-order valence-electron chi connectivity index (χ0n) is 11.1. The topological polar surface area (TPSA) is 113 Å². The van der Waals surface area contributed by atoms with Gasteiger partial charge in [0, 0.05) is 30.8 Å². The summed E-state index contributed by atoms with van der Waals surface area (Å²) in [5.41, 5.74) is 7.47. The molecule has 1 aromatic rings. The summed E-state index contributed by atoms with van der Waals surface area (Å²) in [7, 11) is 0. The van der Waals surface area contributed by atoms with Crippen LogP contribution in [-0.2, 0) is 17.8 Å². The smallest absolute Gasteiger partial charge is 0.272 e. The molecule has 2 heterocycles. The summed E-state index contributed by atoms with van der Waals surface area (Å²) in [5.74, 6) is -0.959. The van der Waals surface area contributed by atoms with Crippen LogP contribution < -0.4 is 16.4 Å². The Balaban J connectivity index is 2.16. The number of hydrogen-bond acceptors (Lipinski definition) is 4. The summed E-state index contributed by atoms with van der Waals surface area (Å²) in [4.78, 5) is 23.5. The molecule has 0 spiro atoms. The SMILES string of the molecule is CC(C)C(NC(=O)c1n[nH]c2c1CNCC2)C(N)=O. The molecule has 2 amide bonds. The highest BCUT2D eigenvalue weighted by Crippen LogP contribution is 2.15. The van der Waals surface area contributed by atoms with Crippen molar-refractivity contribution in [3.05, 3.63) is 17.0 Å². The standard InChI is InChI=1S/C12H19N5O2/c1-6(2)9(11(13)18)15-12(19)10-7-5-14-4-3-8(7)16-17-10/h6,9,14H,3-5H2,1-2H3,(H2,13,18)(H,15,19)(H,16,17). The molecule has 2 rings (SSSR count). The van der Waals surface area contributed by atoms with Crippen LogP contribution in [0, 0.1) is 5.92 Å². The van der Waals surface area contributed by atoms with E-state index in [-0.39, 0.29) is 11.8 Å². The molecule has 0 saturated carbocycles. The molecular formula is C12H19N5O2. The molecule has 1 aromatic heterocycles. The summed E-state index contributed by atoms with van der Waals surface area (Å²) in [6.07, 6.45) is 0.818. The van der Waals surface area contributed by atoms with Gasteiger partial charge >= 0.3 is 0 Å². The Hall–Kier alpha value is -1.89. The predicted octanol–water partition coefficient (Wildman–Crippen LogP) is -0.705. The molecule has 1 atom stereocenters. The van der Waals surface area contributed by atoms with Crippen molar-refractivity contribution in [1.82, 2.24) is 20.8 Å². The number of carbonyl (C=O) groups is 2. The number of hydrogen-bond donors (Lipinski definition) is 4. The average molecular weight is 265 g/mol. The molecule has 0 radical (unpaired) electrons. The van der Waals surface area contributed by atoms with E-state index in [4.69, 9.17) is 5.73 Å². The van der Waals surface area contributed by atoms with Gasteiger partial charge in [-0.2, -0.15) is 5.10 Å². The normalized spacial score (nSPS) is 15.9. The summed E-state index contributed by atoms with van der Waals surface area (Å²) in [6.45, 7) is 5.14. The first-order valence-corrected chi connectivity index (χ1v) is 6.37. The summed E-state index contributed by atoms with van der Waals surface area (Å²) >= 11 is 0. The van der Waals surface area contributed by atoms with Gasteiger partial charge in [0.15, 0.2) is 5.69 Å². The summed E-state index contributed by atoms with van der Waals surface area (Å²) in [5, 5.41) is 12.7. The maximum absolute atomic E-state index is 12.2. The van der Waals surface area contributed by atoms with Crippen molar-refractivity contribution >= 4 is 11.8 Å². The van der Waals surface area contributed by atoms with Crippen LogP contribution >= 0.6 is 0 Å². The lowest BCUT2D eigenvalue weighted by Gasteiger charge is -2.19. The lowest BCUT2D eigenvalue weighted by molar-refractivity contribution is -0.120. The third-order valence-corrected chi connectivity index (χ3v) is 3.28. The van der Waals surface area contributed by atoms with Crippen LogP contribution in [0.2, 0.25) is 0 Å². The summed E-state index contributed by atoms with van der Waals surface area (Å²) in [6, 6.07) is -0.684. The third-order valence-electron chi connectivity index (χ3n) is 3.28. The maximum Gasteiger partial charge on any atom is 0.272 e. The quantitative estimate of drug-likeness (QED) is 0.576. The highest BCUT2D eigenvalue weighted by molar-refractivity contribution is 5.97. The van der Waals surface area contributed by atoms with Crippen molar-refractivity contribution in [1.29, 1.82) is 0 Å². The minimum absolute atomic E-state index is 0.0608. The lowest BCUT2D eigenvalue weighted by atomic mass is 10.0. The molecule has 1 aliphatic rings. The molecule has 7 heteroatoms. The molecule has 0 saturated heterocycles. The number of nitrogens with two attached hydrogens (primary N) is 1. The van der Waals surface area contributed by atoms with Crippen molar-refractivity contribution in [2.24, 2.45) is 11.7 Å². The second kappa shape index (κ2) is 5.40.